The van der Waals surface area contributed by atoms with E-state index in [4.69, 9.17) is 4.74 Å². The van der Waals surface area contributed by atoms with Gasteiger partial charge in [-0.1, -0.05) is 42.5 Å². The van der Waals surface area contributed by atoms with Crippen molar-refractivity contribution in [2.75, 3.05) is 18.5 Å². The summed E-state index contributed by atoms with van der Waals surface area (Å²) in [5, 5.41) is 3.49. The summed E-state index contributed by atoms with van der Waals surface area (Å²) in [5.74, 6) is 0. The Labute approximate surface area is 108 Å². The fraction of sp³-hybridized carbons (Fsp3) is 0.250. The number of ether oxygens (including phenoxy) is 1. The van der Waals surface area contributed by atoms with Crippen molar-refractivity contribution >= 4 is 5.69 Å². The van der Waals surface area contributed by atoms with Crippen LogP contribution in [0, 0.1) is 0 Å². The molecule has 0 radical (unpaired) electrons. The summed E-state index contributed by atoms with van der Waals surface area (Å²) in [6.07, 6.45) is 1.10. The average molecular weight is 239 g/mol. The number of rotatable bonds is 3. The minimum absolute atomic E-state index is 0.465. The Hall–Kier alpha value is -1.80. The van der Waals surface area contributed by atoms with Crippen LogP contribution in [0.2, 0.25) is 0 Å². The van der Waals surface area contributed by atoms with Crippen molar-refractivity contribution in [1.29, 1.82) is 0 Å². The van der Waals surface area contributed by atoms with E-state index in [0.717, 1.165) is 19.6 Å². The molecule has 1 saturated heterocycles. The van der Waals surface area contributed by atoms with Gasteiger partial charge in [0.05, 0.1) is 12.6 Å². The van der Waals surface area contributed by atoms with Gasteiger partial charge in [0.2, 0.25) is 0 Å². The highest BCUT2D eigenvalue weighted by Gasteiger charge is 2.14. The van der Waals surface area contributed by atoms with Crippen LogP contribution in [0.3, 0.4) is 0 Å². The van der Waals surface area contributed by atoms with Crippen molar-refractivity contribution in [3.63, 3.8) is 0 Å². The summed E-state index contributed by atoms with van der Waals surface area (Å²) >= 11 is 0. The maximum absolute atomic E-state index is 5.36. The predicted octanol–water partition coefficient (Wildman–Crippen LogP) is 3.55. The highest BCUT2D eigenvalue weighted by Crippen LogP contribution is 2.22. The topological polar surface area (TPSA) is 21.3 Å². The molecule has 1 N–H and O–H groups in total. The first kappa shape index (κ1) is 11.3. The normalized spacial score (nSPS) is 18.8. The molecule has 1 aliphatic rings. The van der Waals surface area contributed by atoms with Gasteiger partial charge in [-0.3, -0.25) is 0 Å². The highest BCUT2D eigenvalue weighted by atomic mass is 16.5. The van der Waals surface area contributed by atoms with Gasteiger partial charge in [-0.25, -0.2) is 0 Å². The summed E-state index contributed by atoms with van der Waals surface area (Å²) in [6.45, 7) is 1.69. The van der Waals surface area contributed by atoms with E-state index >= 15 is 0 Å². The lowest BCUT2D eigenvalue weighted by atomic mass is 10.1. The molecule has 1 aliphatic heterocycles. The molecule has 18 heavy (non-hydrogen) atoms. The standard InChI is InChI=1S/C16H17NO/c1-2-4-13(5-3-1)14-6-8-15(9-7-14)17-16-10-11-18-12-16/h1-9,16-17H,10-12H2. The Morgan fingerprint density at radius 1 is 0.889 bits per heavy atom. The minimum atomic E-state index is 0.465. The highest BCUT2D eigenvalue weighted by molar-refractivity contribution is 5.65. The largest absolute Gasteiger partial charge is 0.380 e. The number of benzene rings is 2. The van der Waals surface area contributed by atoms with Crippen molar-refractivity contribution in [3.8, 4) is 11.1 Å². The first-order valence-electron chi connectivity index (χ1n) is 6.41. The van der Waals surface area contributed by atoms with Crippen LogP contribution in [0.1, 0.15) is 6.42 Å². The quantitative estimate of drug-likeness (QED) is 0.884. The SMILES string of the molecule is c1ccc(-c2ccc(NC3CCOC3)cc2)cc1. The Bertz CT molecular complexity index is 486. The van der Waals surface area contributed by atoms with Gasteiger partial charge in [-0.05, 0) is 29.7 Å². The average Bonchev–Trinajstić information content (AvgIpc) is 2.94. The zero-order chi connectivity index (χ0) is 12.2. The van der Waals surface area contributed by atoms with Crippen LogP contribution < -0.4 is 5.32 Å². The van der Waals surface area contributed by atoms with Crippen LogP contribution in [-0.2, 0) is 4.74 Å². The minimum Gasteiger partial charge on any atom is -0.380 e. The molecule has 1 atom stereocenters. The molecule has 2 aromatic carbocycles. The molecule has 0 spiro atoms. The maximum atomic E-state index is 5.36. The molecule has 2 aromatic rings. The van der Waals surface area contributed by atoms with Crippen LogP contribution in [-0.4, -0.2) is 19.3 Å². The Kier molecular flexibility index (Phi) is 3.29. The van der Waals surface area contributed by atoms with Crippen molar-refractivity contribution in [1.82, 2.24) is 0 Å². The van der Waals surface area contributed by atoms with Crippen molar-refractivity contribution in [2.24, 2.45) is 0 Å². The third-order valence-corrected chi connectivity index (χ3v) is 3.29. The summed E-state index contributed by atoms with van der Waals surface area (Å²) in [5.41, 5.74) is 3.68. The van der Waals surface area contributed by atoms with Gasteiger partial charge in [-0.15, -0.1) is 0 Å². The molecular weight excluding hydrogens is 222 g/mol. The Morgan fingerprint density at radius 2 is 1.61 bits per heavy atom. The lowest BCUT2D eigenvalue weighted by molar-refractivity contribution is 0.195. The zero-order valence-corrected chi connectivity index (χ0v) is 10.3. The molecule has 1 fully saturated rings. The molecule has 1 heterocycles. The van der Waals surface area contributed by atoms with Crippen LogP contribution in [0.25, 0.3) is 11.1 Å². The van der Waals surface area contributed by atoms with E-state index < -0.39 is 0 Å². The summed E-state index contributed by atoms with van der Waals surface area (Å²) in [6, 6.07) is 19.5. The number of hydrogen-bond donors (Lipinski definition) is 1. The molecular formula is C16H17NO. The second-order valence-corrected chi connectivity index (χ2v) is 4.65. The fourth-order valence-electron chi connectivity index (χ4n) is 2.27. The number of nitrogens with one attached hydrogen (secondary N) is 1. The van der Waals surface area contributed by atoms with Gasteiger partial charge in [0.15, 0.2) is 0 Å². The van der Waals surface area contributed by atoms with E-state index in [0.29, 0.717) is 6.04 Å². The zero-order valence-electron chi connectivity index (χ0n) is 10.3. The molecule has 2 heteroatoms. The maximum Gasteiger partial charge on any atom is 0.0668 e. The van der Waals surface area contributed by atoms with Crippen molar-refractivity contribution in [3.05, 3.63) is 54.6 Å². The molecule has 1 unspecified atom stereocenters. The molecule has 0 saturated carbocycles. The third-order valence-electron chi connectivity index (χ3n) is 3.29. The van der Waals surface area contributed by atoms with Crippen LogP contribution in [0.15, 0.2) is 54.6 Å². The smallest absolute Gasteiger partial charge is 0.0668 e. The van der Waals surface area contributed by atoms with Crippen LogP contribution in [0.4, 0.5) is 5.69 Å². The van der Waals surface area contributed by atoms with Gasteiger partial charge in [0.25, 0.3) is 0 Å². The molecule has 0 aliphatic carbocycles. The van der Waals surface area contributed by atoms with Gasteiger partial charge in [0.1, 0.15) is 0 Å². The molecule has 0 bridgehead atoms. The van der Waals surface area contributed by atoms with Gasteiger partial charge >= 0.3 is 0 Å². The lowest BCUT2D eigenvalue weighted by Gasteiger charge is -2.12. The Morgan fingerprint density at radius 3 is 2.28 bits per heavy atom. The molecule has 0 amide bonds. The second-order valence-electron chi connectivity index (χ2n) is 4.65. The molecule has 0 aromatic heterocycles. The molecule has 3 rings (SSSR count). The number of anilines is 1. The van der Waals surface area contributed by atoms with Crippen LogP contribution in [0.5, 0.6) is 0 Å². The monoisotopic (exact) mass is 239 g/mol. The molecule has 2 nitrogen and oxygen atoms in total. The predicted molar refractivity (Wildman–Crippen MR) is 74.7 cm³/mol. The summed E-state index contributed by atoms with van der Waals surface area (Å²) in [4.78, 5) is 0. The van der Waals surface area contributed by atoms with E-state index in [2.05, 4.69) is 53.8 Å². The van der Waals surface area contributed by atoms with Crippen LogP contribution >= 0.6 is 0 Å². The Balaban J connectivity index is 1.72. The second kappa shape index (κ2) is 5.23. The van der Waals surface area contributed by atoms with Gasteiger partial charge in [-0.2, -0.15) is 0 Å². The first-order valence-corrected chi connectivity index (χ1v) is 6.41. The van der Waals surface area contributed by atoms with Crippen molar-refractivity contribution in [2.45, 2.75) is 12.5 Å². The van der Waals surface area contributed by atoms with Gasteiger partial charge in [0, 0.05) is 12.3 Å². The number of hydrogen-bond acceptors (Lipinski definition) is 2. The van der Waals surface area contributed by atoms with E-state index in [1.165, 1.54) is 16.8 Å². The fourth-order valence-corrected chi connectivity index (χ4v) is 2.27. The van der Waals surface area contributed by atoms with E-state index in [1.54, 1.807) is 0 Å². The lowest BCUT2D eigenvalue weighted by Crippen LogP contribution is -2.18. The first-order chi connectivity index (χ1) is 8.92. The summed E-state index contributed by atoms with van der Waals surface area (Å²) in [7, 11) is 0. The van der Waals surface area contributed by atoms with E-state index in [1.807, 2.05) is 6.07 Å². The van der Waals surface area contributed by atoms with Gasteiger partial charge < -0.3 is 10.1 Å². The summed E-state index contributed by atoms with van der Waals surface area (Å²) < 4.78 is 5.36. The molecule has 92 valence electrons. The van der Waals surface area contributed by atoms with Crippen molar-refractivity contribution < 1.29 is 4.74 Å². The van der Waals surface area contributed by atoms with E-state index in [9.17, 15) is 0 Å². The third kappa shape index (κ3) is 2.54. The van der Waals surface area contributed by atoms with E-state index in [-0.39, 0.29) is 0 Å².